The van der Waals surface area contributed by atoms with Crippen molar-refractivity contribution in [3.63, 3.8) is 0 Å². The van der Waals surface area contributed by atoms with Crippen LogP contribution in [0, 0.1) is 5.92 Å². The molecule has 3 rings (SSSR count). The van der Waals surface area contributed by atoms with Crippen LogP contribution in [0.5, 0.6) is 5.75 Å². The topological polar surface area (TPSA) is 41.7 Å². The molecular weight excluding hydrogens is 238 g/mol. The van der Waals surface area contributed by atoms with Gasteiger partial charge >= 0.3 is 0 Å². The van der Waals surface area contributed by atoms with Crippen molar-refractivity contribution in [1.29, 1.82) is 0 Å². The van der Waals surface area contributed by atoms with Crippen LogP contribution in [-0.4, -0.2) is 43.7 Å². The van der Waals surface area contributed by atoms with E-state index in [2.05, 4.69) is 29.7 Å². The summed E-state index contributed by atoms with van der Waals surface area (Å²) in [7, 11) is 0. The molecule has 0 saturated carbocycles. The molecule has 2 heterocycles. The van der Waals surface area contributed by atoms with Crippen LogP contribution in [0.1, 0.15) is 13.8 Å². The van der Waals surface area contributed by atoms with Crippen molar-refractivity contribution in [3.05, 3.63) is 18.2 Å². The number of anilines is 2. The summed E-state index contributed by atoms with van der Waals surface area (Å²) in [5, 5.41) is 0. The molecule has 2 N–H and O–H groups in total. The fourth-order valence-corrected chi connectivity index (χ4v) is 3.13. The molecule has 4 heteroatoms. The minimum Gasteiger partial charge on any atom is -0.489 e. The van der Waals surface area contributed by atoms with Crippen LogP contribution < -0.4 is 15.4 Å². The van der Waals surface area contributed by atoms with Gasteiger partial charge in [-0.15, -0.1) is 0 Å². The first kappa shape index (κ1) is 12.6. The van der Waals surface area contributed by atoms with Crippen molar-refractivity contribution >= 4 is 11.4 Å². The zero-order chi connectivity index (χ0) is 13.4. The Hall–Kier alpha value is -1.42. The molecule has 0 amide bonds. The van der Waals surface area contributed by atoms with Crippen molar-refractivity contribution in [2.45, 2.75) is 19.9 Å². The zero-order valence-electron chi connectivity index (χ0n) is 11.8. The number of hydrogen-bond acceptors (Lipinski definition) is 4. The maximum Gasteiger partial charge on any atom is 0.144 e. The van der Waals surface area contributed by atoms with Gasteiger partial charge in [-0.25, -0.2) is 0 Å². The fraction of sp³-hybridized carbons (Fsp3) is 0.600. The quantitative estimate of drug-likeness (QED) is 0.824. The normalized spacial score (nSPS) is 22.9. The van der Waals surface area contributed by atoms with Crippen LogP contribution in [0.15, 0.2) is 18.2 Å². The molecule has 1 saturated heterocycles. The summed E-state index contributed by atoms with van der Waals surface area (Å²) >= 11 is 0. The first-order chi connectivity index (χ1) is 9.13. The fourth-order valence-electron chi connectivity index (χ4n) is 3.13. The smallest absolute Gasteiger partial charge is 0.144 e. The van der Waals surface area contributed by atoms with Gasteiger partial charge in [0.1, 0.15) is 12.4 Å². The molecular formula is C15H23N3O. The van der Waals surface area contributed by atoms with Gasteiger partial charge in [-0.3, -0.25) is 4.90 Å². The third-order valence-electron chi connectivity index (χ3n) is 3.91. The Balaban J connectivity index is 1.76. The van der Waals surface area contributed by atoms with Gasteiger partial charge in [0, 0.05) is 37.9 Å². The largest absolute Gasteiger partial charge is 0.489 e. The lowest BCUT2D eigenvalue weighted by Crippen LogP contribution is -2.57. The van der Waals surface area contributed by atoms with Crippen molar-refractivity contribution in [1.82, 2.24) is 4.90 Å². The lowest BCUT2D eigenvalue weighted by Gasteiger charge is -2.46. The highest BCUT2D eigenvalue weighted by Gasteiger charge is 2.32. The number of nitrogen functional groups attached to an aromatic ring is 1. The Morgan fingerprint density at radius 3 is 3.00 bits per heavy atom. The Bertz CT molecular complexity index is 461. The number of benzene rings is 1. The van der Waals surface area contributed by atoms with Crippen LogP contribution in [0.25, 0.3) is 0 Å². The first-order valence-electron chi connectivity index (χ1n) is 7.15. The molecule has 1 aromatic rings. The van der Waals surface area contributed by atoms with E-state index in [9.17, 15) is 0 Å². The van der Waals surface area contributed by atoms with E-state index in [0.29, 0.717) is 6.04 Å². The monoisotopic (exact) mass is 261 g/mol. The van der Waals surface area contributed by atoms with E-state index >= 15 is 0 Å². The van der Waals surface area contributed by atoms with Gasteiger partial charge in [-0.2, -0.15) is 0 Å². The molecule has 0 aliphatic carbocycles. The van der Waals surface area contributed by atoms with Gasteiger partial charge in [0.25, 0.3) is 0 Å². The number of ether oxygens (including phenoxy) is 1. The molecule has 0 spiro atoms. The number of nitrogens with two attached hydrogens (primary N) is 1. The molecule has 2 aliphatic rings. The third-order valence-corrected chi connectivity index (χ3v) is 3.91. The SMILES string of the molecule is CC(C)CN1CCN2c3ccc(N)cc3OCC2C1. The number of hydrogen-bond donors (Lipinski definition) is 1. The predicted molar refractivity (Wildman–Crippen MR) is 78.8 cm³/mol. The van der Waals surface area contributed by atoms with Crippen LogP contribution in [0.3, 0.4) is 0 Å². The van der Waals surface area contributed by atoms with Gasteiger partial charge < -0.3 is 15.4 Å². The van der Waals surface area contributed by atoms with E-state index < -0.39 is 0 Å². The molecule has 19 heavy (non-hydrogen) atoms. The molecule has 0 aromatic heterocycles. The van der Waals surface area contributed by atoms with E-state index in [1.807, 2.05) is 12.1 Å². The van der Waals surface area contributed by atoms with E-state index in [1.54, 1.807) is 0 Å². The summed E-state index contributed by atoms with van der Waals surface area (Å²) in [4.78, 5) is 5.03. The van der Waals surface area contributed by atoms with Crippen molar-refractivity contribution in [2.24, 2.45) is 5.92 Å². The average molecular weight is 261 g/mol. The second kappa shape index (κ2) is 4.93. The Labute approximate surface area is 115 Å². The van der Waals surface area contributed by atoms with E-state index in [-0.39, 0.29) is 0 Å². The summed E-state index contributed by atoms with van der Waals surface area (Å²) in [5.74, 6) is 1.66. The number of fused-ring (bicyclic) bond motifs is 3. The van der Waals surface area contributed by atoms with Gasteiger partial charge in [-0.05, 0) is 18.1 Å². The van der Waals surface area contributed by atoms with Crippen LogP contribution >= 0.6 is 0 Å². The highest BCUT2D eigenvalue weighted by Crippen LogP contribution is 2.36. The number of piperazine rings is 1. The summed E-state index contributed by atoms with van der Waals surface area (Å²) in [6.45, 7) is 9.83. The zero-order valence-corrected chi connectivity index (χ0v) is 11.8. The second-order valence-electron chi connectivity index (χ2n) is 6.04. The highest BCUT2D eigenvalue weighted by atomic mass is 16.5. The molecule has 4 nitrogen and oxygen atoms in total. The molecule has 2 aliphatic heterocycles. The number of nitrogens with zero attached hydrogens (tertiary/aromatic N) is 2. The van der Waals surface area contributed by atoms with Crippen LogP contribution in [0.4, 0.5) is 11.4 Å². The van der Waals surface area contributed by atoms with Crippen molar-refractivity contribution < 1.29 is 4.74 Å². The molecule has 1 aromatic carbocycles. The first-order valence-corrected chi connectivity index (χ1v) is 7.15. The van der Waals surface area contributed by atoms with E-state index in [0.717, 1.165) is 43.6 Å². The predicted octanol–water partition coefficient (Wildman–Crippen LogP) is 1.81. The maximum atomic E-state index is 5.88. The lowest BCUT2D eigenvalue weighted by atomic mass is 10.1. The Kier molecular flexibility index (Phi) is 3.27. The summed E-state index contributed by atoms with van der Waals surface area (Å²) < 4.78 is 5.88. The average Bonchev–Trinajstić information content (AvgIpc) is 2.37. The molecule has 0 radical (unpaired) electrons. The van der Waals surface area contributed by atoms with Gasteiger partial charge in [0.15, 0.2) is 0 Å². The lowest BCUT2D eigenvalue weighted by molar-refractivity contribution is 0.156. The molecule has 1 atom stereocenters. The Morgan fingerprint density at radius 2 is 2.21 bits per heavy atom. The van der Waals surface area contributed by atoms with Crippen LogP contribution in [-0.2, 0) is 0 Å². The molecule has 104 valence electrons. The van der Waals surface area contributed by atoms with E-state index in [4.69, 9.17) is 10.5 Å². The third kappa shape index (κ3) is 2.50. The van der Waals surface area contributed by atoms with Crippen molar-refractivity contribution in [2.75, 3.05) is 43.4 Å². The van der Waals surface area contributed by atoms with Gasteiger partial charge in [-0.1, -0.05) is 13.8 Å². The Morgan fingerprint density at radius 1 is 1.37 bits per heavy atom. The van der Waals surface area contributed by atoms with Crippen molar-refractivity contribution in [3.8, 4) is 5.75 Å². The molecule has 1 fully saturated rings. The van der Waals surface area contributed by atoms with E-state index in [1.165, 1.54) is 12.2 Å². The summed E-state index contributed by atoms with van der Waals surface area (Å²) in [6, 6.07) is 6.47. The number of rotatable bonds is 2. The molecule has 1 unspecified atom stereocenters. The second-order valence-corrected chi connectivity index (χ2v) is 6.04. The van der Waals surface area contributed by atoms with Gasteiger partial charge in [0.05, 0.1) is 11.7 Å². The standard InChI is InChI=1S/C15H23N3O/c1-11(2)8-17-5-6-18-13(9-17)10-19-15-7-12(16)3-4-14(15)18/h3-4,7,11,13H,5-6,8-10,16H2,1-2H3. The maximum absolute atomic E-state index is 5.88. The summed E-state index contributed by atoms with van der Waals surface area (Å²) in [5.41, 5.74) is 7.80. The highest BCUT2D eigenvalue weighted by molar-refractivity contribution is 5.66. The molecule has 0 bridgehead atoms. The minimum absolute atomic E-state index is 0.476. The van der Waals surface area contributed by atoms with Crippen LogP contribution in [0.2, 0.25) is 0 Å². The minimum atomic E-state index is 0.476. The van der Waals surface area contributed by atoms with Gasteiger partial charge in [0.2, 0.25) is 0 Å². The summed E-state index contributed by atoms with van der Waals surface area (Å²) in [6.07, 6.45) is 0.